The second-order valence-corrected chi connectivity index (χ2v) is 7.89. The molecule has 3 heterocycles. The summed E-state index contributed by atoms with van der Waals surface area (Å²) in [6, 6.07) is 10.9. The van der Waals surface area contributed by atoms with E-state index in [1.165, 1.54) is 6.92 Å². The summed E-state index contributed by atoms with van der Waals surface area (Å²) >= 11 is 0. The van der Waals surface area contributed by atoms with Gasteiger partial charge >= 0.3 is 6.18 Å². The molecule has 6 nitrogen and oxygen atoms in total. The third-order valence-corrected chi connectivity index (χ3v) is 5.62. The van der Waals surface area contributed by atoms with Crippen LogP contribution >= 0.6 is 0 Å². The second-order valence-electron chi connectivity index (χ2n) is 7.89. The predicted octanol–water partition coefficient (Wildman–Crippen LogP) is 3.97. The van der Waals surface area contributed by atoms with Crippen LogP contribution in [0.2, 0.25) is 0 Å². The summed E-state index contributed by atoms with van der Waals surface area (Å²) in [5, 5.41) is 7.76. The van der Waals surface area contributed by atoms with Crippen molar-refractivity contribution in [2.45, 2.75) is 45.0 Å². The smallest absolute Gasteiger partial charge is 0.387 e. The molecule has 0 saturated carbocycles. The largest absolute Gasteiger partial charge is 0.435 e. The molecule has 2 aliphatic heterocycles. The molecule has 1 fully saturated rings. The van der Waals surface area contributed by atoms with Gasteiger partial charge in [0.15, 0.2) is 11.8 Å². The van der Waals surface area contributed by atoms with Gasteiger partial charge in [0, 0.05) is 25.2 Å². The number of likely N-dealkylation sites (tertiary alicyclic amines) is 1. The molecule has 9 heteroatoms. The van der Waals surface area contributed by atoms with E-state index in [-0.39, 0.29) is 24.5 Å². The van der Waals surface area contributed by atoms with Crippen molar-refractivity contribution in [1.29, 1.82) is 0 Å². The summed E-state index contributed by atoms with van der Waals surface area (Å²) in [6.45, 7) is 2.49. The first-order chi connectivity index (χ1) is 14.3. The quantitative estimate of drug-likeness (QED) is 0.736. The molecular formula is C21H23F3N4O2. The minimum absolute atomic E-state index is 0.0639. The van der Waals surface area contributed by atoms with Crippen LogP contribution in [0, 0.1) is 12.8 Å². The number of hydrogen-bond donors (Lipinski definition) is 0. The Hall–Kier alpha value is -2.84. The Labute approximate surface area is 172 Å². The third kappa shape index (κ3) is 4.49. The Morgan fingerprint density at radius 3 is 2.73 bits per heavy atom. The maximum Gasteiger partial charge on any atom is 0.435 e. The van der Waals surface area contributed by atoms with Gasteiger partial charge in [-0.3, -0.25) is 9.48 Å². The number of aryl methyl sites for hydroxylation is 1. The van der Waals surface area contributed by atoms with Gasteiger partial charge in [-0.1, -0.05) is 35.5 Å². The highest BCUT2D eigenvalue weighted by Gasteiger charge is 2.35. The normalized spacial score (nSPS) is 21.6. The molecule has 2 unspecified atom stereocenters. The Balaban J connectivity index is 1.29. The molecular weight excluding hydrogens is 397 g/mol. The van der Waals surface area contributed by atoms with Gasteiger partial charge < -0.3 is 9.74 Å². The summed E-state index contributed by atoms with van der Waals surface area (Å²) in [6.07, 6.45) is -2.25. The van der Waals surface area contributed by atoms with Crippen LogP contribution in [0.1, 0.15) is 42.3 Å². The van der Waals surface area contributed by atoms with Crippen LogP contribution in [-0.4, -0.2) is 39.4 Å². The molecule has 30 heavy (non-hydrogen) atoms. The van der Waals surface area contributed by atoms with E-state index < -0.39 is 11.9 Å². The van der Waals surface area contributed by atoms with E-state index in [1.54, 1.807) is 4.90 Å². The van der Waals surface area contributed by atoms with Gasteiger partial charge in [-0.05, 0) is 37.3 Å². The van der Waals surface area contributed by atoms with Crippen molar-refractivity contribution in [3.8, 4) is 0 Å². The number of carbonyl (C=O) groups excluding carboxylic acids is 1. The highest BCUT2D eigenvalue weighted by molar-refractivity contribution is 5.86. The Bertz CT molecular complexity index is 939. The maximum absolute atomic E-state index is 12.8. The first kappa shape index (κ1) is 20.4. The SMILES string of the molecule is Cc1cc(C(F)(F)F)nn1CC(=O)N1CCC(CC2=NOC(c3ccccc3)C2)C1. The fraction of sp³-hybridized carbons (Fsp3) is 0.476. The van der Waals surface area contributed by atoms with Gasteiger partial charge in [0.1, 0.15) is 6.54 Å². The van der Waals surface area contributed by atoms with Gasteiger partial charge in [0.2, 0.25) is 5.91 Å². The number of benzene rings is 1. The zero-order chi connectivity index (χ0) is 21.3. The summed E-state index contributed by atoms with van der Waals surface area (Å²) in [5.41, 5.74) is 1.42. The number of rotatable bonds is 5. The molecule has 1 aromatic heterocycles. The molecule has 0 N–H and O–H groups in total. The van der Waals surface area contributed by atoms with Crippen molar-refractivity contribution >= 4 is 11.6 Å². The van der Waals surface area contributed by atoms with Crippen LogP contribution in [0.3, 0.4) is 0 Å². The number of amides is 1. The van der Waals surface area contributed by atoms with Crippen molar-refractivity contribution in [1.82, 2.24) is 14.7 Å². The van der Waals surface area contributed by atoms with E-state index in [2.05, 4.69) is 10.3 Å². The molecule has 4 rings (SSSR count). The van der Waals surface area contributed by atoms with E-state index in [0.717, 1.165) is 41.3 Å². The number of oxime groups is 1. The lowest BCUT2D eigenvalue weighted by Gasteiger charge is -2.17. The molecule has 160 valence electrons. The Morgan fingerprint density at radius 1 is 1.27 bits per heavy atom. The number of halogens is 3. The first-order valence-corrected chi connectivity index (χ1v) is 9.95. The zero-order valence-electron chi connectivity index (χ0n) is 16.6. The van der Waals surface area contributed by atoms with E-state index in [9.17, 15) is 18.0 Å². The van der Waals surface area contributed by atoms with Crippen LogP contribution in [-0.2, 0) is 22.4 Å². The van der Waals surface area contributed by atoms with Crippen LogP contribution < -0.4 is 0 Å². The number of nitrogens with zero attached hydrogens (tertiary/aromatic N) is 4. The fourth-order valence-corrected chi connectivity index (χ4v) is 3.99. The number of aromatic nitrogens is 2. The lowest BCUT2D eigenvalue weighted by molar-refractivity contribution is -0.142. The topological polar surface area (TPSA) is 59.7 Å². The Morgan fingerprint density at radius 2 is 2.03 bits per heavy atom. The zero-order valence-corrected chi connectivity index (χ0v) is 16.6. The molecule has 1 amide bonds. The molecule has 2 aliphatic rings. The van der Waals surface area contributed by atoms with Gasteiger partial charge in [0.25, 0.3) is 0 Å². The minimum atomic E-state index is -4.51. The van der Waals surface area contributed by atoms with E-state index in [4.69, 9.17) is 4.84 Å². The molecule has 1 saturated heterocycles. The average Bonchev–Trinajstić information content (AvgIpc) is 3.43. The molecule has 0 radical (unpaired) electrons. The minimum Gasteiger partial charge on any atom is -0.387 e. The van der Waals surface area contributed by atoms with Crippen LogP contribution in [0.25, 0.3) is 0 Å². The molecule has 0 aliphatic carbocycles. The van der Waals surface area contributed by atoms with Crippen LogP contribution in [0.4, 0.5) is 13.2 Å². The lowest BCUT2D eigenvalue weighted by atomic mass is 9.96. The lowest BCUT2D eigenvalue weighted by Crippen LogP contribution is -2.32. The van der Waals surface area contributed by atoms with Gasteiger partial charge in [-0.15, -0.1) is 0 Å². The van der Waals surface area contributed by atoms with E-state index in [1.807, 2.05) is 30.3 Å². The highest BCUT2D eigenvalue weighted by atomic mass is 19.4. The standard InChI is InChI=1S/C21H23F3N4O2/c1-14-9-19(21(22,23)24)25-28(14)13-20(29)27-8-7-15(12-27)10-17-11-18(30-26-17)16-5-3-2-4-6-16/h2-6,9,15,18H,7-8,10-13H2,1H3. The summed E-state index contributed by atoms with van der Waals surface area (Å²) in [4.78, 5) is 19.8. The molecule has 2 aromatic rings. The number of hydrogen-bond acceptors (Lipinski definition) is 4. The summed E-state index contributed by atoms with van der Waals surface area (Å²) < 4.78 is 39.5. The van der Waals surface area contributed by atoms with E-state index >= 15 is 0 Å². The maximum atomic E-state index is 12.8. The molecule has 2 atom stereocenters. The first-order valence-electron chi connectivity index (χ1n) is 9.95. The number of alkyl halides is 3. The highest BCUT2D eigenvalue weighted by Crippen LogP contribution is 2.31. The van der Waals surface area contributed by atoms with Gasteiger partial charge in [-0.25, -0.2) is 0 Å². The number of carbonyl (C=O) groups is 1. The predicted molar refractivity (Wildman–Crippen MR) is 104 cm³/mol. The van der Waals surface area contributed by atoms with Crippen molar-refractivity contribution in [3.05, 3.63) is 53.3 Å². The monoisotopic (exact) mass is 420 g/mol. The van der Waals surface area contributed by atoms with Gasteiger partial charge in [0.05, 0.1) is 5.71 Å². The fourth-order valence-electron chi connectivity index (χ4n) is 3.99. The summed E-state index contributed by atoms with van der Waals surface area (Å²) in [5.74, 6) is 0.0551. The van der Waals surface area contributed by atoms with Crippen LogP contribution in [0.5, 0.6) is 0 Å². The average molecular weight is 420 g/mol. The Kier molecular flexibility index (Phi) is 5.53. The summed E-state index contributed by atoms with van der Waals surface area (Å²) in [7, 11) is 0. The van der Waals surface area contributed by atoms with Crippen molar-refractivity contribution < 1.29 is 22.8 Å². The van der Waals surface area contributed by atoms with Crippen LogP contribution in [0.15, 0.2) is 41.6 Å². The van der Waals surface area contributed by atoms with Crippen molar-refractivity contribution in [2.24, 2.45) is 11.1 Å². The third-order valence-electron chi connectivity index (χ3n) is 5.62. The molecule has 0 spiro atoms. The van der Waals surface area contributed by atoms with Gasteiger partial charge in [-0.2, -0.15) is 18.3 Å². The van der Waals surface area contributed by atoms with Crippen molar-refractivity contribution in [2.75, 3.05) is 13.1 Å². The van der Waals surface area contributed by atoms with E-state index in [0.29, 0.717) is 18.8 Å². The molecule has 1 aromatic carbocycles. The second kappa shape index (κ2) is 8.12. The van der Waals surface area contributed by atoms with Crippen molar-refractivity contribution in [3.63, 3.8) is 0 Å². The molecule has 0 bridgehead atoms.